The molecule has 0 aliphatic rings. The topological polar surface area (TPSA) is 32.3 Å². The standard InChI is InChI=1S/C18H19F3N2O/c1-3-23(2)16-10-6-14(7-11-16)17(24)22-12-13-4-8-15(9-5-13)18(19,20)21/h4-11H,3,12H2,1-2H3,(H,22,24). The predicted octanol–water partition coefficient (Wildman–Crippen LogP) is 4.09. The molecular weight excluding hydrogens is 317 g/mol. The number of alkyl halides is 3. The second kappa shape index (κ2) is 7.38. The van der Waals surface area contributed by atoms with Crippen LogP contribution in [-0.2, 0) is 12.7 Å². The molecule has 0 aromatic heterocycles. The summed E-state index contributed by atoms with van der Waals surface area (Å²) in [6, 6.07) is 11.9. The van der Waals surface area contributed by atoms with Gasteiger partial charge in [-0.1, -0.05) is 12.1 Å². The maximum Gasteiger partial charge on any atom is 0.416 e. The van der Waals surface area contributed by atoms with Gasteiger partial charge in [-0.05, 0) is 48.9 Å². The molecule has 2 aromatic carbocycles. The van der Waals surface area contributed by atoms with E-state index in [1.807, 2.05) is 31.0 Å². The van der Waals surface area contributed by atoms with E-state index in [2.05, 4.69) is 5.32 Å². The van der Waals surface area contributed by atoms with Gasteiger partial charge in [-0.25, -0.2) is 0 Å². The smallest absolute Gasteiger partial charge is 0.375 e. The molecule has 0 fully saturated rings. The Balaban J connectivity index is 1.95. The molecule has 0 aliphatic heterocycles. The summed E-state index contributed by atoms with van der Waals surface area (Å²) in [6.45, 7) is 3.07. The molecule has 1 N–H and O–H groups in total. The van der Waals surface area contributed by atoms with Crippen LogP contribution in [0, 0.1) is 0 Å². The number of rotatable bonds is 5. The van der Waals surface area contributed by atoms with E-state index in [-0.39, 0.29) is 12.5 Å². The number of benzene rings is 2. The Kier molecular flexibility index (Phi) is 5.49. The van der Waals surface area contributed by atoms with Crippen molar-refractivity contribution in [3.05, 3.63) is 65.2 Å². The highest BCUT2D eigenvalue weighted by Crippen LogP contribution is 2.29. The largest absolute Gasteiger partial charge is 0.416 e. The minimum absolute atomic E-state index is 0.174. The highest BCUT2D eigenvalue weighted by Gasteiger charge is 2.29. The van der Waals surface area contributed by atoms with Crippen LogP contribution in [-0.4, -0.2) is 19.5 Å². The van der Waals surface area contributed by atoms with Gasteiger partial charge in [0.2, 0.25) is 0 Å². The fraction of sp³-hybridized carbons (Fsp3) is 0.278. The van der Waals surface area contributed by atoms with Gasteiger partial charge in [0, 0.05) is 31.4 Å². The molecule has 3 nitrogen and oxygen atoms in total. The lowest BCUT2D eigenvalue weighted by Gasteiger charge is -2.16. The number of anilines is 1. The number of nitrogens with zero attached hydrogens (tertiary/aromatic N) is 1. The Hall–Kier alpha value is -2.50. The van der Waals surface area contributed by atoms with Crippen LogP contribution in [0.3, 0.4) is 0 Å². The first-order chi connectivity index (χ1) is 11.3. The van der Waals surface area contributed by atoms with Crippen LogP contribution in [0.1, 0.15) is 28.4 Å². The molecule has 128 valence electrons. The van der Waals surface area contributed by atoms with Crippen molar-refractivity contribution in [3.63, 3.8) is 0 Å². The van der Waals surface area contributed by atoms with E-state index < -0.39 is 11.7 Å². The van der Waals surface area contributed by atoms with Crippen LogP contribution >= 0.6 is 0 Å². The van der Waals surface area contributed by atoms with Gasteiger partial charge in [-0.2, -0.15) is 13.2 Å². The maximum atomic E-state index is 12.5. The SMILES string of the molecule is CCN(C)c1ccc(C(=O)NCc2ccc(C(F)(F)F)cc2)cc1. The zero-order valence-electron chi connectivity index (χ0n) is 13.5. The Bertz CT molecular complexity index is 679. The number of hydrogen-bond acceptors (Lipinski definition) is 2. The van der Waals surface area contributed by atoms with Gasteiger partial charge in [0.05, 0.1) is 5.56 Å². The fourth-order valence-electron chi connectivity index (χ4n) is 2.15. The number of amides is 1. The molecule has 1 amide bonds. The van der Waals surface area contributed by atoms with Crippen LogP contribution in [0.4, 0.5) is 18.9 Å². The molecule has 0 bridgehead atoms. The first-order valence-corrected chi connectivity index (χ1v) is 7.57. The Labute approximate surface area is 139 Å². The minimum Gasteiger partial charge on any atom is -0.375 e. The summed E-state index contributed by atoms with van der Waals surface area (Å²) in [7, 11) is 1.96. The van der Waals surface area contributed by atoms with Crippen LogP contribution in [0.2, 0.25) is 0 Å². The van der Waals surface area contributed by atoms with Crippen molar-refractivity contribution in [1.82, 2.24) is 5.32 Å². The van der Waals surface area contributed by atoms with E-state index >= 15 is 0 Å². The molecule has 6 heteroatoms. The van der Waals surface area contributed by atoms with Crippen molar-refractivity contribution in [2.75, 3.05) is 18.5 Å². The van der Waals surface area contributed by atoms with E-state index in [0.717, 1.165) is 24.4 Å². The van der Waals surface area contributed by atoms with Gasteiger partial charge in [0.15, 0.2) is 0 Å². The minimum atomic E-state index is -4.35. The Morgan fingerprint density at radius 3 is 2.12 bits per heavy atom. The summed E-state index contributed by atoms with van der Waals surface area (Å²) >= 11 is 0. The van der Waals surface area contributed by atoms with Gasteiger partial charge in [-0.3, -0.25) is 4.79 Å². The zero-order chi connectivity index (χ0) is 17.7. The highest BCUT2D eigenvalue weighted by atomic mass is 19.4. The van der Waals surface area contributed by atoms with Crippen molar-refractivity contribution >= 4 is 11.6 Å². The van der Waals surface area contributed by atoms with Crippen molar-refractivity contribution in [1.29, 1.82) is 0 Å². The summed E-state index contributed by atoms with van der Waals surface area (Å²) < 4.78 is 37.5. The second-order valence-electron chi connectivity index (χ2n) is 5.44. The van der Waals surface area contributed by atoms with Gasteiger partial charge >= 0.3 is 6.18 Å². The van der Waals surface area contributed by atoms with E-state index in [1.165, 1.54) is 12.1 Å². The van der Waals surface area contributed by atoms with E-state index in [9.17, 15) is 18.0 Å². The highest BCUT2D eigenvalue weighted by molar-refractivity contribution is 5.94. The van der Waals surface area contributed by atoms with Crippen LogP contribution < -0.4 is 10.2 Å². The fourth-order valence-corrected chi connectivity index (χ4v) is 2.15. The number of nitrogens with one attached hydrogen (secondary N) is 1. The summed E-state index contributed by atoms with van der Waals surface area (Å²) in [4.78, 5) is 14.1. The number of carbonyl (C=O) groups is 1. The monoisotopic (exact) mass is 336 g/mol. The first-order valence-electron chi connectivity index (χ1n) is 7.57. The van der Waals surface area contributed by atoms with Crippen molar-refractivity contribution in [2.45, 2.75) is 19.6 Å². The molecule has 0 spiro atoms. The molecule has 2 rings (SSSR count). The third kappa shape index (κ3) is 4.50. The summed E-state index contributed by atoms with van der Waals surface area (Å²) in [6.07, 6.45) is -4.35. The molecule has 2 aromatic rings. The van der Waals surface area contributed by atoms with Gasteiger partial charge < -0.3 is 10.2 Å². The zero-order valence-corrected chi connectivity index (χ0v) is 13.5. The van der Waals surface area contributed by atoms with Gasteiger partial charge in [-0.15, -0.1) is 0 Å². The number of hydrogen-bond donors (Lipinski definition) is 1. The maximum absolute atomic E-state index is 12.5. The molecule has 0 heterocycles. The van der Waals surface area contributed by atoms with E-state index in [4.69, 9.17) is 0 Å². The quantitative estimate of drug-likeness (QED) is 0.892. The Morgan fingerprint density at radius 1 is 1.04 bits per heavy atom. The van der Waals surface area contributed by atoms with Gasteiger partial charge in [0.25, 0.3) is 5.91 Å². The van der Waals surface area contributed by atoms with Crippen molar-refractivity contribution < 1.29 is 18.0 Å². The molecule has 0 saturated heterocycles. The number of halogens is 3. The molecule has 24 heavy (non-hydrogen) atoms. The van der Waals surface area contributed by atoms with Gasteiger partial charge in [0.1, 0.15) is 0 Å². The average Bonchev–Trinajstić information content (AvgIpc) is 2.58. The molecule has 0 saturated carbocycles. The Morgan fingerprint density at radius 2 is 1.62 bits per heavy atom. The molecular formula is C18H19F3N2O. The van der Waals surface area contributed by atoms with Crippen LogP contribution in [0.5, 0.6) is 0 Å². The number of carbonyl (C=O) groups excluding carboxylic acids is 1. The molecule has 0 atom stereocenters. The summed E-state index contributed by atoms with van der Waals surface area (Å²) in [5, 5.41) is 2.70. The lowest BCUT2D eigenvalue weighted by Crippen LogP contribution is -2.23. The second-order valence-corrected chi connectivity index (χ2v) is 5.44. The third-order valence-corrected chi connectivity index (χ3v) is 3.78. The first kappa shape index (κ1) is 17.8. The van der Waals surface area contributed by atoms with E-state index in [1.54, 1.807) is 12.1 Å². The predicted molar refractivity (Wildman–Crippen MR) is 88.0 cm³/mol. The molecule has 0 aliphatic carbocycles. The van der Waals surface area contributed by atoms with E-state index in [0.29, 0.717) is 11.1 Å². The third-order valence-electron chi connectivity index (χ3n) is 3.78. The van der Waals surface area contributed by atoms with Crippen LogP contribution in [0.15, 0.2) is 48.5 Å². The molecule has 0 unspecified atom stereocenters. The average molecular weight is 336 g/mol. The lowest BCUT2D eigenvalue weighted by molar-refractivity contribution is -0.137. The summed E-state index contributed by atoms with van der Waals surface area (Å²) in [5.41, 5.74) is 1.43. The normalized spacial score (nSPS) is 11.2. The van der Waals surface area contributed by atoms with Crippen molar-refractivity contribution in [3.8, 4) is 0 Å². The molecule has 0 radical (unpaired) electrons. The summed E-state index contributed by atoms with van der Waals surface area (Å²) in [5.74, 6) is -0.263. The van der Waals surface area contributed by atoms with Crippen LogP contribution in [0.25, 0.3) is 0 Å². The lowest BCUT2D eigenvalue weighted by atomic mass is 10.1. The van der Waals surface area contributed by atoms with Crippen molar-refractivity contribution in [2.24, 2.45) is 0 Å².